The second-order valence-electron chi connectivity index (χ2n) is 3.32. The van der Waals surface area contributed by atoms with Crippen LogP contribution in [-0.2, 0) is 11.3 Å². The van der Waals surface area contributed by atoms with Crippen molar-refractivity contribution in [2.45, 2.75) is 6.61 Å². The SMILES string of the molecule is O=C(OCc1ccccc1)[n+]1ccccc1.[Cl-]. The topological polar surface area (TPSA) is 30.2 Å². The smallest absolute Gasteiger partial charge is 0.602 e. The highest BCUT2D eigenvalue weighted by molar-refractivity contribution is 5.56. The summed E-state index contributed by atoms with van der Waals surface area (Å²) in [6, 6.07) is 15.0. The van der Waals surface area contributed by atoms with Crippen molar-refractivity contribution < 1.29 is 26.5 Å². The van der Waals surface area contributed by atoms with Crippen molar-refractivity contribution in [3.63, 3.8) is 0 Å². The molecule has 2 rings (SSSR count). The first-order valence-electron chi connectivity index (χ1n) is 5.03. The van der Waals surface area contributed by atoms with Gasteiger partial charge in [0.25, 0.3) is 0 Å². The molecule has 0 saturated carbocycles. The molecule has 0 bridgehead atoms. The Morgan fingerprint density at radius 1 is 1.00 bits per heavy atom. The first kappa shape index (κ1) is 13.2. The number of benzene rings is 1. The van der Waals surface area contributed by atoms with E-state index in [-0.39, 0.29) is 18.5 Å². The molecule has 2 aromatic rings. The van der Waals surface area contributed by atoms with Gasteiger partial charge in [0.2, 0.25) is 0 Å². The predicted molar refractivity (Wildman–Crippen MR) is 58.7 cm³/mol. The number of pyridine rings is 1. The minimum Gasteiger partial charge on any atom is -1.00 e. The van der Waals surface area contributed by atoms with Gasteiger partial charge in [-0.25, -0.2) is 0 Å². The maximum absolute atomic E-state index is 11.6. The van der Waals surface area contributed by atoms with Crippen LogP contribution in [0.3, 0.4) is 0 Å². The minimum absolute atomic E-state index is 0. The van der Waals surface area contributed by atoms with Crippen LogP contribution in [-0.4, -0.2) is 6.09 Å². The second-order valence-corrected chi connectivity index (χ2v) is 3.32. The number of halogens is 1. The van der Waals surface area contributed by atoms with E-state index >= 15 is 0 Å². The summed E-state index contributed by atoms with van der Waals surface area (Å²) < 4.78 is 6.54. The fraction of sp³-hybridized carbons (Fsp3) is 0.0769. The molecule has 0 aliphatic carbocycles. The van der Waals surface area contributed by atoms with Gasteiger partial charge in [0.15, 0.2) is 12.4 Å². The molecule has 1 aromatic carbocycles. The summed E-state index contributed by atoms with van der Waals surface area (Å²) in [6.07, 6.45) is 2.95. The average molecular weight is 250 g/mol. The Balaban J connectivity index is 0.00000144. The number of rotatable bonds is 2. The Labute approximate surface area is 106 Å². The van der Waals surface area contributed by atoms with Crippen LogP contribution < -0.4 is 17.0 Å². The number of carbonyl (C=O) groups excluding carboxylic acids is 1. The molecule has 1 aromatic heterocycles. The van der Waals surface area contributed by atoms with Crippen molar-refractivity contribution >= 4 is 6.09 Å². The Kier molecular flexibility index (Phi) is 5.17. The maximum Gasteiger partial charge on any atom is 0.602 e. The van der Waals surface area contributed by atoms with Gasteiger partial charge < -0.3 is 17.1 Å². The van der Waals surface area contributed by atoms with Crippen LogP contribution in [0.15, 0.2) is 60.9 Å². The van der Waals surface area contributed by atoms with Gasteiger partial charge in [-0.15, -0.1) is 0 Å². The van der Waals surface area contributed by atoms with Crippen molar-refractivity contribution in [2.24, 2.45) is 0 Å². The fourth-order valence-electron chi connectivity index (χ4n) is 1.31. The Morgan fingerprint density at radius 3 is 2.24 bits per heavy atom. The van der Waals surface area contributed by atoms with Crippen LogP contribution >= 0.6 is 0 Å². The van der Waals surface area contributed by atoms with Crippen LogP contribution in [0.5, 0.6) is 0 Å². The largest absolute Gasteiger partial charge is 1.00 e. The maximum atomic E-state index is 11.6. The van der Waals surface area contributed by atoms with Gasteiger partial charge >= 0.3 is 6.09 Å². The molecule has 0 aliphatic heterocycles. The van der Waals surface area contributed by atoms with Gasteiger partial charge in [0.1, 0.15) is 6.61 Å². The number of carbonyl (C=O) groups is 1. The standard InChI is InChI=1S/C13H12NO2.ClH/c15-13(14-9-5-2-6-10-14)16-11-12-7-3-1-4-8-12;/h1-10H,11H2;1H/q+1;/p-1. The molecule has 0 fully saturated rings. The molecule has 0 aliphatic rings. The highest BCUT2D eigenvalue weighted by Gasteiger charge is 2.14. The summed E-state index contributed by atoms with van der Waals surface area (Å²) in [7, 11) is 0. The zero-order valence-electron chi connectivity index (χ0n) is 9.12. The number of nitrogens with zero attached hydrogens (tertiary/aromatic N) is 1. The summed E-state index contributed by atoms with van der Waals surface area (Å²) in [6.45, 7) is 0.293. The van der Waals surface area contributed by atoms with Crippen LogP contribution in [0.25, 0.3) is 0 Å². The third-order valence-electron chi connectivity index (χ3n) is 2.13. The lowest BCUT2D eigenvalue weighted by atomic mass is 10.2. The molecule has 17 heavy (non-hydrogen) atoms. The number of hydrogen-bond acceptors (Lipinski definition) is 2. The molecule has 0 radical (unpaired) electrons. The number of ether oxygens (including phenoxy) is 1. The summed E-state index contributed by atoms with van der Waals surface area (Å²) >= 11 is 0. The molecule has 0 amide bonds. The zero-order valence-corrected chi connectivity index (χ0v) is 9.88. The van der Waals surface area contributed by atoms with Gasteiger partial charge in [0, 0.05) is 12.1 Å². The number of hydrogen-bond donors (Lipinski definition) is 0. The molecule has 0 N–H and O–H groups in total. The quantitative estimate of drug-likeness (QED) is 0.650. The second kappa shape index (κ2) is 6.66. The molecular weight excluding hydrogens is 238 g/mol. The monoisotopic (exact) mass is 249 g/mol. The lowest BCUT2D eigenvalue weighted by Crippen LogP contribution is -3.00. The molecule has 88 valence electrons. The van der Waals surface area contributed by atoms with Gasteiger partial charge in [0.05, 0.1) is 0 Å². The Bertz CT molecular complexity index is 459. The van der Waals surface area contributed by atoms with Crippen LogP contribution in [0.2, 0.25) is 0 Å². The highest BCUT2D eigenvalue weighted by atomic mass is 35.5. The van der Waals surface area contributed by atoms with Gasteiger partial charge in [-0.3, -0.25) is 0 Å². The van der Waals surface area contributed by atoms with E-state index in [4.69, 9.17) is 4.74 Å². The van der Waals surface area contributed by atoms with E-state index < -0.39 is 0 Å². The first-order valence-corrected chi connectivity index (χ1v) is 5.03. The molecule has 4 heteroatoms. The van der Waals surface area contributed by atoms with Crippen molar-refractivity contribution in [2.75, 3.05) is 0 Å². The van der Waals surface area contributed by atoms with Crippen molar-refractivity contribution in [1.82, 2.24) is 0 Å². The van der Waals surface area contributed by atoms with E-state index in [0.717, 1.165) is 5.56 Å². The summed E-state index contributed by atoms with van der Waals surface area (Å²) in [5, 5.41) is 0. The van der Waals surface area contributed by atoms with Crippen LogP contribution in [0.4, 0.5) is 4.79 Å². The summed E-state index contributed by atoms with van der Waals surface area (Å²) in [5.41, 5.74) is 0.979. The van der Waals surface area contributed by atoms with Crippen LogP contribution in [0.1, 0.15) is 5.56 Å². The van der Waals surface area contributed by atoms with Crippen LogP contribution in [0, 0.1) is 0 Å². The Hall–Kier alpha value is -1.87. The lowest BCUT2D eigenvalue weighted by molar-refractivity contribution is -0.586. The van der Waals surface area contributed by atoms with E-state index in [9.17, 15) is 4.79 Å². The third kappa shape index (κ3) is 3.89. The Morgan fingerprint density at radius 2 is 1.59 bits per heavy atom. The molecule has 0 atom stereocenters. The molecule has 0 spiro atoms. The predicted octanol–water partition coefficient (Wildman–Crippen LogP) is -0.837. The summed E-state index contributed by atoms with van der Waals surface area (Å²) in [4.78, 5) is 11.6. The molecule has 0 saturated heterocycles. The minimum atomic E-state index is -0.371. The molecular formula is C13H12ClNO2. The van der Waals surface area contributed by atoms with E-state index in [1.54, 1.807) is 24.5 Å². The van der Waals surface area contributed by atoms with E-state index in [1.807, 2.05) is 36.4 Å². The van der Waals surface area contributed by atoms with E-state index in [0.29, 0.717) is 6.61 Å². The third-order valence-corrected chi connectivity index (χ3v) is 2.13. The first-order chi connectivity index (χ1) is 7.86. The molecule has 1 heterocycles. The van der Waals surface area contributed by atoms with Gasteiger partial charge in [-0.2, -0.15) is 4.79 Å². The normalized spacial score (nSPS) is 9.18. The van der Waals surface area contributed by atoms with Gasteiger partial charge in [-0.1, -0.05) is 41.0 Å². The fourth-order valence-corrected chi connectivity index (χ4v) is 1.31. The highest BCUT2D eigenvalue weighted by Crippen LogP contribution is 2.00. The van der Waals surface area contributed by atoms with Gasteiger partial charge in [-0.05, 0) is 5.56 Å². The van der Waals surface area contributed by atoms with E-state index in [1.165, 1.54) is 4.57 Å². The lowest BCUT2D eigenvalue weighted by Gasteiger charge is -1.99. The van der Waals surface area contributed by atoms with E-state index in [2.05, 4.69) is 0 Å². The number of aromatic nitrogens is 1. The summed E-state index contributed by atoms with van der Waals surface area (Å²) in [5.74, 6) is 0. The average Bonchev–Trinajstić information content (AvgIpc) is 2.38. The molecule has 0 unspecified atom stereocenters. The van der Waals surface area contributed by atoms with Crippen molar-refractivity contribution in [3.8, 4) is 0 Å². The molecule has 3 nitrogen and oxygen atoms in total. The zero-order chi connectivity index (χ0) is 11.2. The van der Waals surface area contributed by atoms with Crippen molar-refractivity contribution in [3.05, 3.63) is 66.5 Å². The van der Waals surface area contributed by atoms with Crippen molar-refractivity contribution in [1.29, 1.82) is 0 Å².